The molecule has 2 rings (SSSR count). The summed E-state index contributed by atoms with van der Waals surface area (Å²) >= 11 is 0. The van der Waals surface area contributed by atoms with E-state index in [1.807, 2.05) is 32.0 Å². The van der Waals surface area contributed by atoms with E-state index in [2.05, 4.69) is 0 Å². The van der Waals surface area contributed by atoms with E-state index >= 15 is 0 Å². The van der Waals surface area contributed by atoms with Gasteiger partial charge in [0, 0.05) is 20.1 Å². The van der Waals surface area contributed by atoms with Crippen molar-refractivity contribution >= 4 is 11.8 Å². The van der Waals surface area contributed by atoms with Gasteiger partial charge < -0.3 is 15.4 Å². The molecule has 1 fully saturated rings. The number of amides is 2. The van der Waals surface area contributed by atoms with Gasteiger partial charge in [-0.1, -0.05) is 23.8 Å². The normalized spacial score (nSPS) is 21.6. The standard InChI is InChI=1S/C16H22N2O3/c1-10-4-5-11(2)12(6-10)7-15(19)18-9-13(21-3)8-14(18)16(17)20/h4-6,13-14H,7-9H2,1-3H3,(H2,17,20)/t13-,14-/m0/s1. The Morgan fingerprint density at radius 3 is 2.71 bits per heavy atom. The van der Waals surface area contributed by atoms with E-state index in [-0.39, 0.29) is 18.4 Å². The average Bonchev–Trinajstić information content (AvgIpc) is 2.87. The fraction of sp³-hybridized carbons (Fsp3) is 0.500. The molecule has 0 saturated carbocycles. The smallest absolute Gasteiger partial charge is 0.240 e. The van der Waals surface area contributed by atoms with Crippen LogP contribution in [0.15, 0.2) is 18.2 Å². The number of ether oxygens (including phenoxy) is 1. The third-order valence-electron chi connectivity index (χ3n) is 4.09. The molecule has 1 aromatic carbocycles. The zero-order chi connectivity index (χ0) is 15.6. The van der Waals surface area contributed by atoms with Gasteiger partial charge in [0.15, 0.2) is 0 Å². The molecule has 0 unspecified atom stereocenters. The fourth-order valence-electron chi connectivity index (χ4n) is 2.77. The minimum atomic E-state index is -0.562. The van der Waals surface area contributed by atoms with Gasteiger partial charge in [-0.15, -0.1) is 0 Å². The van der Waals surface area contributed by atoms with Crippen molar-refractivity contribution in [2.45, 2.75) is 38.8 Å². The predicted molar refractivity (Wildman–Crippen MR) is 79.7 cm³/mol. The van der Waals surface area contributed by atoms with E-state index in [9.17, 15) is 9.59 Å². The van der Waals surface area contributed by atoms with E-state index in [0.717, 1.165) is 16.7 Å². The SMILES string of the molecule is CO[C@H]1C[C@@H](C(N)=O)N(C(=O)Cc2cc(C)ccc2C)C1. The summed E-state index contributed by atoms with van der Waals surface area (Å²) in [6.07, 6.45) is 0.642. The first kappa shape index (κ1) is 15.5. The van der Waals surface area contributed by atoms with Gasteiger partial charge in [0.2, 0.25) is 11.8 Å². The molecule has 0 aliphatic carbocycles. The van der Waals surface area contributed by atoms with Crippen molar-refractivity contribution in [3.05, 3.63) is 34.9 Å². The molecule has 0 bridgehead atoms. The predicted octanol–water partition coefficient (Wildman–Crippen LogP) is 0.947. The molecule has 5 nitrogen and oxygen atoms in total. The molecule has 1 aliphatic rings. The molecule has 0 radical (unpaired) electrons. The van der Waals surface area contributed by atoms with Gasteiger partial charge in [-0.2, -0.15) is 0 Å². The van der Waals surface area contributed by atoms with E-state index in [0.29, 0.717) is 13.0 Å². The van der Waals surface area contributed by atoms with Gasteiger partial charge in [-0.3, -0.25) is 9.59 Å². The fourth-order valence-corrected chi connectivity index (χ4v) is 2.77. The Labute approximate surface area is 125 Å². The van der Waals surface area contributed by atoms with Gasteiger partial charge in [-0.25, -0.2) is 0 Å². The Morgan fingerprint density at radius 1 is 1.38 bits per heavy atom. The summed E-state index contributed by atoms with van der Waals surface area (Å²) in [7, 11) is 1.58. The number of methoxy groups -OCH3 is 1. The van der Waals surface area contributed by atoms with Crippen LogP contribution in [0.1, 0.15) is 23.1 Å². The third kappa shape index (κ3) is 3.42. The Bertz CT molecular complexity index is 556. The second-order valence-electron chi connectivity index (χ2n) is 5.66. The number of aryl methyl sites for hydroxylation is 2. The third-order valence-corrected chi connectivity index (χ3v) is 4.09. The van der Waals surface area contributed by atoms with Crippen LogP contribution in [0.5, 0.6) is 0 Å². The van der Waals surface area contributed by atoms with E-state index < -0.39 is 11.9 Å². The summed E-state index contributed by atoms with van der Waals surface area (Å²) in [4.78, 5) is 25.6. The van der Waals surface area contributed by atoms with Crippen LogP contribution in [0.3, 0.4) is 0 Å². The Morgan fingerprint density at radius 2 is 2.10 bits per heavy atom. The lowest BCUT2D eigenvalue weighted by molar-refractivity contribution is -0.136. The summed E-state index contributed by atoms with van der Waals surface area (Å²) in [6, 6.07) is 5.47. The zero-order valence-corrected chi connectivity index (χ0v) is 12.8. The molecule has 1 aromatic rings. The summed E-state index contributed by atoms with van der Waals surface area (Å²) in [5.41, 5.74) is 8.58. The van der Waals surface area contributed by atoms with Crippen LogP contribution in [-0.2, 0) is 20.7 Å². The number of nitrogens with zero attached hydrogens (tertiary/aromatic N) is 1. The van der Waals surface area contributed by atoms with Gasteiger partial charge >= 0.3 is 0 Å². The lowest BCUT2D eigenvalue weighted by Gasteiger charge is -2.22. The number of hydrogen-bond acceptors (Lipinski definition) is 3. The number of carbonyl (C=O) groups excluding carboxylic acids is 2. The number of benzene rings is 1. The number of hydrogen-bond donors (Lipinski definition) is 1. The molecule has 21 heavy (non-hydrogen) atoms. The molecular formula is C16H22N2O3. The van der Waals surface area contributed by atoms with Crippen molar-refractivity contribution < 1.29 is 14.3 Å². The van der Waals surface area contributed by atoms with Crippen molar-refractivity contribution in [3.8, 4) is 0 Å². The monoisotopic (exact) mass is 290 g/mol. The molecule has 1 aliphatic heterocycles. The molecule has 2 atom stereocenters. The van der Waals surface area contributed by atoms with E-state index in [1.54, 1.807) is 12.0 Å². The van der Waals surface area contributed by atoms with Crippen LogP contribution in [0.2, 0.25) is 0 Å². The summed E-state index contributed by atoms with van der Waals surface area (Å²) in [5, 5.41) is 0. The van der Waals surface area contributed by atoms with Gasteiger partial charge in [-0.05, 0) is 25.0 Å². The first-order valence-corrected chi connectivity index (χ1v) is 7.10. The molecule has 114 valence electrons. The molecule has 0 aromatic heterocycles. The molecule has 0 spiro atoms. The topological polar surface area (TPSA) is 72.6 Å². The van der Waals surface area contributed by atoms with Crippen molar-refractivity contribution in [2.24, 2.45) is 5.73 Å². The summed E-state index contributed by atoms with van der Waals surface area (Å²) in [5.74, 6) is -0.545. The van der Waals surface area contributed by atoms with Crippen LogP contribution in [0.4, 0.5) is 0 Å². The van der Waals surface area contributed by atoms with Crippen LogP contribution in [0, 0.1) is 13.8 Å². The lowest BCUT2D eigenvalue weighted by atomic mass is 10.0. The van der Waals surface area contributed by atoms with Gasteiger partial charge in [0.25, 0.3) is 0 Å². The van der Waals surface area contributed by atoms with Gasteiger partial charge in [0.1, 0.15) is 6.04 Å². The first-order valence-electron chi connectivity index (χ1n) is 7.10. The highest BCUT2D eigenvalue weighted by molar-refractivity contribution is 5.88. The molecule has 2 N–H and O–H groups in total. The minimum Gasteiger partial charge on any atom is -0.380 e. The van der Waals surface area contributed by atoms with Crippen molar-refractivity contribution in [1.82, 2.24) is 4.90 Å². The molecule has 1 heterocycles. The molecule has 2 amide bonds. The zero-order valence-electron chi connectivity index (χ0n) is 12.8. The van der Waals surface area contributed by atoms with Crippen molar-refractivity contribution in [1.29, 1.82) is 0 Å². The van der Waals surface area contributed by atoms with E-state index in [4.69, 9.17) is 10.5 Å². The molecular weight excluding hydrogens is 268 g/mol. The maximum atomic E-state index is 12.5. The largest absolute Gasteiger partial charge is 0.380 e. The van der Waals surface area contributed by atoms with Crippen LogP contribution in [-0.4, -0.2) is 42.5 Å². The Hall–Kier alpha value is -1.88. The quantitative estimate of drug-likeness (QED) is 0.897. The first-order chi connectivity index (χ1) is 9.92. The number of rotatable bonds is 4. The Balaban J connectivity index is 2.15. The van der Waals surface area contributed by atoms with Crippen LogP contribution in [0.25, 0.3) is 0 Å². The minimum absolute atomic E-state index is 0.0768. The van der Waals surface area contributed by atoms with Crippen molar-refractivity contribution in [2.75, 3.05) is 13.7 Å². The van der Waals surface area contributed by atoms with E-state index in [1.165, 1.54) is 0 Å². The highest BCUT2D eigenvalue weighted by atomic mass is 16.5. The van der Waals surface area contributed by atoms with Crippen molar-refractivity contribution in [3.63, 3.8) is 0 Å². The maximum Gasteiger partial charge on any atom is 0.240 e. The number of primary amides is 1. The number of nitrogens with two attached hydrogens (primary N) is 1. The average molecular weight is 290 g/mol. The summed E-state index contributed by atoms with van der Waals surface area (Å²) in [6.45, 7) is 4.40. The Kier molecular flexibility index (Phi) is 4.63. The van der Waals surface area contributed by atoms with Crippen LogP contribution >= 0.6 is 0 Å². The molecule has 1 saturated heterocycles. The maximum absolute atomic E-state index is 12.5. The van der Waals surface area contributed by atoms with Gasteiger partial charge in [0.05, 0.1) is 12.5 Å². The second kappa shape index (κ2) is 6.26. The van der Waals surface area contributed by atoms with Crippen LogP contribution < -0.4 is 5.73 Å². The highest BCUT2D eigenvalue weighted by Gasteiger charge is 2.38. The lowest BCUT2D eigenvalue weighted by Crippen LogP contribution is -2.44. The number of carbonyl (C=O) groups is 2. The molecule has 5 heteroatoms. The summed E-state index contributed by atoms with van der Waals surface area (Å²) < 4.78 is 5.26. The highest BCUT2D eigenvalue weighted by Crippen LogP contribution is 2.22. The number of likely N-dealkylation sites (tertiary alicyclic amines) is 1. The second-order valence-corrected chi connectivity index (χ2v) is 5.66.